The van der Waals surface area contributed by atoms with Crippen molar-refractivity contribution in [2.75, 3.05) is 20.2 Å². The van der Waals surface area contributed by atoms with Gasteiger partial charge in [-0.25, -0.2) is 4.79 Å². The number of carbonyl (C=O) groups is 1. The molecule has 112 valence electrons. The van der Waals surface area contributed by atoms with Gasteiger partial charge in [-0.2, -0.15) is 0 Å². The Morgan fingerprint density at radius 1 is 1.50 bits per heavy atom. The molecule has 1 aromatic rings. The van der Waals surface area contributed by atoms with Crippen LogP contribution in [0.4, 0.5) is 4.79 Å². The summed E-state index contributed by atoms with van der Waals surface area (Å²) in [6.45, 7) is 5.77. The number of hydrogen-bond donors (Lipinski definition) is 1. The minimum Gasteiger partial charge on any atom is -0.377 e. The molecular formula is C15H23ClN2O2. The van der Waals surface area contributed by atoms with Crippen LogP contribution in [0.1, 0.15) is 25.8 Å². The van der Waals surface area contributed by atoms with Gasteiger partial charge in [0.05, 0.1) is 6.10 Å². The molecule has 20 heavy (non-hydrogen) atoms. The number of urea groups is 1. The molecule has 1 rings (SSSR count). The molecule has 0 radical (unpaired) electrons. The Kier molecular flexibility index (Phi) is 7.41. The SMILES string of the molecule is CCCO[C@H](C)CNC(=O)N(C)Cc1cccc(Cl)c1. The van der Waals surface area contributed by atoms with Crippen molar-refractivity contribution >= 4 is 17.6 Å². The molecule has 1 atom stereocenters. The van der Waals surface area contributed by atoms with Crippen LogP contribution in [-0.2, 0) is 11.3 Å². The van der Waals surface area contributed by atoms with E-state index >= 15 is 0 Å². The number of amides is 2. The lowest BCUT2D eigenvalue weighted by atomic mass is 10.2. The summed E-state index contributed by atoms with van der Waals surface area (Å²) in [4.78, 5) is 13.6. The second kappa shape index (κ2) is 8.82. The van der Waals surface area contributed by atoms with Crippen molar-refractivity contribution in [3.05, 3.63) is 34.9 Å². The summed E-state index contributed by atoms with van der Waals surface area (Å²) < 4.78 is 5.50. The quantitative estimate of drug-likeness (QED) is 0.839. The Balaban J connectivity index is 2.35. The van der Waals surface area contributed by atoms with Gasteiger partial charge in [0.25, 0.3) is 0 Å². The number of nitrogens with zero attached hydrogens (tertiary/aromatic N) is 1. The zero-order valence-electron chi connectivity index (χ0n) is 12.4. The highest BCUT2D eigenvalue weighted by molar-refractivity contribution is 6.30. The number of ether oxygens (including phenoxy) is 1. The summed E-state index contributed by atoms with van der Waals surface area (Å²) in [5.74, 6) is 0. The molecule has 0 aliphatic heterocycles. The molecule has 0 aromatic heterocycles. The average Bonchev–Trinajstić information content (AvgIpc) is 2.42. The molecule has 4 nitrogen and oxygen atoms in total. The molecule has 0 unspecified atom stereocenters. The van der Waals surface area contributed by atoms with Crippen molar-refractivity contribution in [3.8, 4) is 0 Å². The number of carbonyl (C=O) groups excluding carboxylic acids is 1. The number of benzene rings is 1. The van der Waals surface area contributed by atoms with Gasteiger partial charge in [-0.05, 0) is 31.0 Å². The van der Waals surface area contributed by atoms with Crippen LogP contribution in [0.15, 0.2) is 24.3 Å². The number of halogens is 1. The highest BCUT2D eigenvalue weighted by Crippen LogP contribution is 2.12. The van der Waals surface area contributed by atoms with Crippen LogP contribution in [0.5, 0.6) is 0 Å². The van der Waals surface area contributed by atoms with Gasteiger partial charge in [0.2, 0.25) is 0 Å². The largest absolute Gasteiger partial charge is 0.377 e. The van der Waals surface area contributed by atoms with Crippen LogP contribution in [0, 0.1) is 0 Å². The topological polar surface area (TPSA) is 41.6 Å². The van der Waals surface area contributed by atoms with Gasteiger partial charge < -0.3 is 15.0 Å². The third kappa shape index (κ3) is 6.26. The van der Waals surface area contributed by atoms with Gasteiger partial charge in [0.1, 0.15) is 0 Å². The molecule has 0 fully saturated rings. The first-order valence-corrected chi connectivity index (χ1v) is 7.25. The van der Waals surface area contributed by atoms with E-state index in [1.165, 1.54) is 0 Å². The molecule has 0 bridgehead atoms. The summed E-state index contributed by atoms with van der Waals surface area (Å²) in [6.07, 6.45) is 1.01. The van der Waals surface area contributed by atoms with Gasteiger partial charge in [-0.1, -0.05) is 30.7 Å². The van der Waals surface area contributed by atoms with Crippen LogP contribution < -0.4 is 5.32 Å². The van der Waals surface area contributed by atoms with E-state index in [0.29, 0.717) is 18.1 Å². The van der Waals surface area contributed by atoms with Crippen LogP contribution >= 0.6 is 11.6 Å². The third-order valence-corrected chi connectivity index (χ3v) is 3.04. The predicted octanol–water partition coefficient (Wildman–Crippen LogP) is 3.30. The van der Waals surface area contributed by atoms with Gasteiger partial charge in [-0.3, -0.25) is 0 Å². The molecule has 2 amide bonds. The van der Waals surface area contributed by atoms with E-state index < -0.39 is 0 Å². The maximum Gasteiger partial charge on any atom is 0.317 e. The monoisotopic (exact) mass is 298 g/mol. The van der Waals surface area contributed by atoms with E-state index in [1.54, 1.807) is 11.9 Å². The first-order valence-electron chi connectivity index (χ1n) is 6.88. The molecule has 0 spiro atoms. The van der Waals surface area contributed by atoms with E-state index in [0.717, 1.165) is 18.6 Å². The maximum absolute atomic E-state index is 11.9. The molecular weight excluding hydrogens is 276 g/mol. The van der Waals surface area contributed by atoms with Crippen molar-refractivity contribution in [3.63, 3.8) is 0 Å². The molecule has 1 aromatic carbocycles. The molecule has 1 N–H and O–H groups in total. The van der Waals surface area contributed by atoms with Crippen molar-refractivity contribution < 1.29 is 9.53 Å². The van der Waals surface area contributed by atoms with Crippen molar-refractivity contribution in [2.45, 2.75) is 32.9 Å². The highest BCUT2D eigenvalue weighted by Gasteiger charge is 2.10. The first kappa shape index (κ1) is 16.8. The predicted molar refractivity (Wildman–Crippen MR) is 82.0 cm³/mol. The molecule has 0 saturated heterocycles. The second-order valence-corrected chi connectivity index (χ2v) is 5.29. The minimum absolute atomic E-state index is 0.0264. The highest BCUT2D eigenvalue weighted by atomic mass is 35.5. The van der Waals surface area contributed by atoms with E-state index in [2.05, 4.69) is 12.2 Å². The smallest absolute Gasteiger partial charge is 0.317 e. The van der Waals surface area contributed by atoms with E-state index in [4.69, 9.17) is 16.3 Å². The molecule has 0 aliphatic rings. The lowest BCUT2D eigenvalue weighted by Crippen LogP contribution is -2.40. The minimum atomic E-state index is -0.114. The van der Waals surface area contributed by atoms with E-state index in [9.17, 15) is 4.79 Å². The first-order chi connectivity index (χ1) is 9.52. The van der Waals surface area contributed by atoms with E-state index in [-0.39, 0.29) is 12.1 Å². The zero-order valence-corrected chi connectivity index (χ0v) is 13.1. The van der Waals surface area contributed by atoms with E-state index in [1.807, 2.05) is 31.2 Å². The fourth-order valence-electron chi connectivity index (χ4n) is 1.72. The number of rotatable bonds is 7. The fraction of sp³-hybridized carbons (Fsp3) is 0.533. The summed E-state index contributed by atoms with van der Waals surface area (Å²) in [5.41, 5.74) is 1.01. The van der Waals surface area contributed by atoms with Gasteiger partial charge in [-0.15, -0.1) is 0 Å². The Bertz CT molecular complexity index is 426. The summed E-state index contributed by atoms with van der Waals surface area (Å²) in [6, 6.07) is 7.39. The van der Waals surface area contributed by atoms with Crippen LogP contribution in [-0.4, -0.2) is 37.2 Å². The lowest BCUT2D eigenvalue weighted by molar-refractivity contribution is 0.0668. The van der Waals surface area contributed by atoms with Gasteiger partial charge >= 0.3 is 6.03 Å². The van der Waals surface area contributed by atoms with Crippen molar-refractivity contribution in [2.24, 2.45) is 0 Å². The van der Waals surface area contributed by atoms with Crippen molar-refractivity contribution in [1.29, 1.82) is 0 Å². The van der Waals surface area contributed by atoms with Gasteiger partial charge in [0, 0.05) is 31.8 Å². The molecule has 0 saturated carbocycles. The Morgan fingerprint density at radius 2 is 2.25 bits per heavy atom. The zero-order chi connectivity index (χ0) is 15.0. The summed E-state index contributed by atoms with van der Waals surface area (Å²) >= 11 is 5.92. The second-order valence-electron chi connectivity index (χ2n) is 4.85. The average molecular weight is 299 g/mol. The van der Waals surface area contributed by atoms with Crippen molar-refractivity contribution in [1.82, 2.24) is 10.2 Å². The van der Waals surface area contributed by atoms with Crippen LogP contribution in [0.2, 0.25) is 5.02 Å². The normalized spacial score (nSPS) is 12.0. The molecule has 0 heterocycles. The standard InChI is InChI=1S/C15H23ClN2O2/c1-4-8-20-12(2)10-17-15(19)18(3)11-13-6-5-7-14(16)9-13/h5-7,9,12H,4,8,10-11H2,1-3H3,(H,17,19)/t12-/m1/s1. The van der Waals surface area contributed by atoms with Crippen LogP contribution in [0.25, 0.3) is 0 Å². The Labute approximate surface area is 126 Å². The van der Waals surface area contributed by atoms with Crippen LogP contribution in [0.3, 0.4) is 0 Å². The molecule has 5 heteroatoms. The summed E-state index contributed by atoms with van der Waals surface area (Å²) in [7, 11) is 1.76. The summed E-state index contributed by atoms with van der Waals surface area (Å²) in [5, 5.41) is 3.53. The number of hydrogen-bond acceptors (Lipinski definition) is 2. The Hall–Kier alpha value is -1.26. The third-order valence-electron chi connectivity index (χ3n) is 2.80. The molecule has 0 aliphatic carbocycles. The maximum atomic E-state index is 11.9. The lowest BCUT2D eigenvalue weighted by Gasteiger charge is -2.20. The Morgan fingerprint density at radius 3 is 2.90 bits per heavy atom. The number of nitrogens with one attached hydrogen (secondary N) is 1. The van der Waals surface area contributed by atoms with Gasteiger partial charge in [0.15, 0.2) is 0 Å². The fourth-order valence-corrected chi connectivity index (χ4v) is 1.94.